The topological polar surface area (TPSA) is 74.7 Å². The van der Waals surface area contributed by atoms with Crippen LogP contribution in [0, 0.1) is 0 Å². The van der Waals surface area contributed by atoms with Crippen LogP contribution in [0.25, 0.3) is 0 Å². The smallest absolute Gasteiger partial charge is 0.194 e. The van der Waals surface area contributed by atoms with Crippen LogP contribution in [0.2, 0.25) is 0 Å². The number of hydrogen-bond acceptors (Lipinski definition) is 4. The van der Waals surface area contributed by atoms with E-state index in [0.717, 1.165) is 5.69 Å². The number of pyridine rings is 1. The molecule has 21 heavy (non-hydrogen) atoms. The van der Waals surface area contributed by atoms with Crippen LogP contribution in [0.3, 0.4) is 0 Å². The molecule has 0 bridgehead atoms. The van der Waals surface area contributed by atoms with Crippen molar-refractivity contribution < 1.29 is 8.42 Å². The molecular formula is C14H22N4O2S. The van der Waals surface area contributed by atoms with E-state index < -0.39 is 14.6 Å². The first-order valence-electron chi connectivity index (χ1n) is 6.93. The second-order valence-corrected chi connectivity index (χ2v) is 8.46. The van der Waals surface area contributed by atoms with Crippen LogP contribution >= 0.6 is 0 Å². The van der Waals surface area contributed by atoms with Crippen LogP contribution in [-0.2, 0) is 16.4 Å². The lowest BCUT2D eigenvalue weighted by molar-refractivity contribution is 0.353. The molecule has 2 rings (SSSR count). The molecule has 0 aliphatic carbocycles. The summed E-state index contributed by atoms with van der Waals surface area (Å²) in [6.07, 6.45) is 1.75. The summed E-state index contributed by atoms with van der Waals surface area (Å²) in [7, 11) is -1.33. The fourth-order valence-corrected chi connectivity index (χ4v) is 3.69. The first-order valence-corrected chi connectivity index (χ1v) is 8.59. The number of nitrogens with zero attached hydrogens (tertiary/aromatic N) is 3. The Morgan fingerprint density at radius 1 is 1.48 bits per heavy atom. The third-order valence-corrected chi connectivity index (χ3v) is 6.24. The Morgan fingerprint density at radius 3 is 2.81 bits per heavy atom. The van der Waals surface area contributed by atoms with Gasteiger partial charge in [-0.15, -0.1) is 0 Å². The fraction of sp³-hybridized carbons (Fsp3) is 0.571. The number of hydrogen-bond donors (Lipinski definition) is 1. The molecule has 1 aliphatic heterocycles. The Labute approximate surface area is 126 Å². The number of sulfone groups is 1. The van der Waals surface area contributed by atoms with Gasteiger partial charge in [0.15, 0.2) is 15.8 Å². The Hall–Kier alpha value is -1.63. The second kappa shape index (κ2) is 6.01. The predicted molar refractivity (Wildman–Crippen MR) is 83.9 cm³/mol. The summed E-state index contributed by atoms with van der Waals surface area (Å²) >= 11 is 0. The molecule has 1 fully saturated rings. The third kappa shape index (κ3) is 3.53. The van der Waals surface area contributed by atoms with E-state index in [1.165, 1.54) is 0 Å². The predicted octanol–water partition coefficient (Wildman–Crippen LogP) is 0.666. The van der Waals surface area contributed by atoms with E-state index in [1.807, 2.05) is 23.1 Å². The van der Waals surface area contributed by atoms with E-state index in [-0.39, 0.29) is 5.75 Å². The maximum atomic E-state index is 12.0. The molecule has 1 saturated heterocycles. The van der Waals surface area contributed by atoms with Gasteiger partial charge in [-0.25, -0.2) is 8.42 Å². The maximum absolute atomic E-state index is 12.0. The minimum atomic E-state index is -3.04. The molecule has 7 heteroatoms. The molecule has 1 aliphatic rings. The van der Waals surface area contributed by atoms with Crippen LogP contribution < -0.4 is 5.32 Å². The summed E-state index contributed by atoms with van der Waals surface area (Å²) in [5.41, 5.74) is 0.919. The largest absolute Gasteiger partial charge is 0.351 e. The van der Waals surface area contributed by atoms with Crippen molar-refractivity contribution >= 4 is 15.8 Å². The molecule has 1 aromatic rings. The average Bonchev–Trinajstić information content (AvgIpc) is 2.44. The lowest BCUT2D eigenvalue weighted by Crippen LogP contribution is -2.57. The highest BCUT2D eigenvalue weighted by Crippen LogP contribution is 2.23. The summed E-state index contributed by atoms with van der Waals surface area (Å²) in [4.78, 5) is 10.5. The van der Waals surface area contributed by atoms with E-state index in [1.54, 1.807) is 27.1 Å². The minimum Gasteiger partial charge on any atom is -0.351 e. The number of aliphatic imine (C=N–C) groups is 1. The maximum Gasteiger partial charge on any atom is 0.194 e. The fourth-order valence-electron chi connectivity index (χ4n) is 2.33. The van der Waals surface area contributed by atoms with Crippen LogP contribution in [0.5, 0.6) is 0 Å². The highest BCUT2D eigenvalue weighted by Gasteiger charge is 2.40. The van der Waals surface area contributed by atoms with E-state index in [0.29, 0.717) is 25.6 Å². The van der Waals surface area contributed by atoms with E-state index in [9.17, 15) is 8.42 Å². The summed E-state index contributed by atoms with van der Waals surface area (Å²) in [6, 6.07) is 5.74. The Kier molecular flexibility index (Phi) is 4.51. The zero-order valence-electron chi connectivity index (χ0n) is 12.7. The van der Waals surface area contributed by atoms with Crippen molar-refractivity contribution in [3.8, 4) is 0 Å². The minimum absolute atomic E-state index is 0.157. The van der Waals surface area contributed by atoms with Crippen molar-refractivity contribution in [3.05, 3.63) is 30.1 Å². The summed E-state index contributed by atoms with van der Waals surface area (Å²) in [5, 5.41) is 3.24. The van der Waals surface area contributed by atoms with Gasteiger partial charge in [0.05, 0.1) is 22.7 Å². The second-order valence-electron chi connectivity index (χ2n) is 5.72. The first-order chi connectivity index (χ1) is 9.86. The highest BCUT2D eigenvalue weighted by molar-refractivity contribution is 7.92. The molecule has 0 aromatic carbocycles. The highest BCUT2D eigenvalue weighted by atomic mass is 32.2. The SMILES string of the molecule is CN=C(NCc1ccccn1)N1CCS(=O)(=O)C(C)(C)C1. The van der Waals surface area contributed by atoms with Gasteiger partial charge >= 0.3 is 0 Å². The number of rotatable bonds is 2. The van der Waals surface area contributed by atoms with Crippen molar-refractivity contribution in [2.45, 2.75) is 25.1 Å². The van der Waals surface area contributed by atoms with Gasteiger partial charge in [-0.2, -0.15) is 0 Å². The van der Waals surface area contributed by atoms with Gasteiger partial charge in [-0.3, -0.25) is 9.98 Å². The van der Waals surface area contributed by atoms with Crippen molar-refractivity contribution in [2.75, 3.05) is 25.9 Å². The quantitative estimate of drug-likeness (QED) is 0.642. The lowest BCUT2D eigenvalue weighted by atomic mass is 10.2. The normalized spacial score (nSPS) is 21.1. The summed E-state index contributed by atoms with van der Waals surface area (Å²) in [6.45, 7) is 5.00. The van der Waals surface area contributed by atoms with Crippen LogP contribution in [0.15, 0.2) is 29.4 Å². The van der Waals surface area contributed by atoms with Gasteiger partial charge in [-0.05, 0) is 26.0 Å². The van der Waals surface area contributed by atoms with Gasteiger partial charge in [-0.1, -0.05) is 6.07 Å². The van der Waals surface area contributed by atoms with Crippen molar-refractivity contribution in [3.63, 3.8) is 0 Å². The molecule has 0 saturated carbocycles. The van der Waals surface area contributed by atoms with Crippen molar-refractivity contribution in [2.24, 2.45) is 4.99 Å². The molecule has 2 heterocycles. The Balaban J connectivity index is 2.03. The summed E-state index contributed by atoms with van der Waals surface area (Å²) in [5.74, 6) is 0.869. The number of nitrogens with one attached hydrogen (secondary N) is 1. The molecule has 0 unspecified atom stereocenters. The molecule has 116 valence electrons. The molecule has 0 radical (unpaired) electrons. The molecule has 0 atom stereocenters. The van der Waals surface area contributed by atoms with Gasteiger partial charge in [0.1, 0.15) is 0 Å². The van der Waals surface area contributed by atoms with Gasteiger partial charge in [0, 0.05) is 26.3 Å². The van der Waals surface area contributed by atoms with E-state index in [4.69, 9.17) is 0 Å². The van der Waals surface area contributed by atoms with Crippen molar-refractivity contribution in [1.82, 2.24) is 15.2 Å². The van der Waals surface area contributed by atoms with E-state index in [2.05, 4.69) is 15.3 Å². The third-order valence-electron chi connectivity index (χ3n) is 3.71. The number of aromatic nitrogens is 1. The zero-order chi connectivity index (χ0) is 15.5. The number of guanidine groups is 1. The average molecular weight is 310 g/mol. The molecular weight excluding hydrogens is 288 g/mol. The van der Waals surface area contributed by atoms with Crippen molar-refractivity contribution in [1.29, 1.82) is 0 Å². The molecule has 0 amide bonds. The van der Waals surface area contributed by atoms with Crippen LogP contribution in [-0.4, -0.2) is 54.9 Å². The van der Waals surface area contributed by atoms with Crippen LogP contribution in [0.4, 0.5) is 0 Å². The standard InChI is InChI=1S/C14H22N4O2S/c1-14(2)11-18(8-9-21(14,19)20)13(15-3)17-10-12-6-4-5-7-16-12/h4-7H,8-11H2,1-3H3,(H,15,17). The van der Waals surface area contributed by atoms with Gasteiger partial charge in [0.25, 0.3) is 0 Å². The molecule has 6 nitrogen and oxygen atoms in total. The molecule has 1 N–H and O–H groups in total. The Bertz CT molecular complexity index is 611. The Morgan fingerprint density at radius 2 is 2.24 bits per heavy atom. The lowest BCUT2D eigenvalue weighted by Gasteiger charge is -2.39. The molecule has 1 aromatic heterocycles. The van der Waals surface area contributed by atoms with Gasteiger partial charge < -0.3 is 10.2 Å². The van der Waals surface area contributed by atoms with E-state index >= 15 is 0 Å². The summed E-state index contributed by atoms with van der Waals surface area (Å²) < 4.78 is 23.3. The van der Waals surface area contributed by atoms with Gasteiger partial charge in [0.2, 0.25) is 0 Å². The monoisotopic (exact) mass is 310 g/mol. The van der Waals surface area contributed by atoms with Crippen LogP contribution in [0.1, 0.15) is 19.5 Å². The zero-order valence-corrected chi connectivity index (χ0v) is 13.5. The molecule has 0 spiro atoms. The first kappa shape index (κ1) is 15.8.